The number of allylic oxidation sites excluding steroid dienone is 2. The van der Waals surface area contributed by atoms with Gasteiger partial charge in [0.1, 0.15) is 40.1 Å². The fourth-order valence-corrected chi connectivity index (χ4v) is 4.32. The molecule has 0 unspecified atom stereocenters. The molecule has 4 aromatic rings. The number of rotatable bonds is 5. The summed E-state index contributed by atoms with van der Waals surface area (Å²) in [5.41, 5.74) is -2.89. The van der Waals surface area contributed by atoms with Gasteiger partial charge in [0.2, 0.25) is 0 Å². The normalized spacial score (nSPS) is 15.1. The highest BCUT2D eigenvalue weighted by atomic mass is 35.5. The third-order valence-electron chi connectivity index (χ3n) is 6.07. The van der Waals surface area contributed by atoms with Crippen molar-refractivity contribution in [1.29, 1.82) is 0 Å². The summed E-state index contributed by atoms with van der Waals surface area (Å²) in [6.07, 6.45) is 7.88. The van der Waals surface area contributed by atoms with Gasteiger partial charge in [-0.15, -0.1) is 0 Å². The molecule has 1 aliphatic heterocycles. The quantitative estimate of drug-likeness (QED) is 0.336. The van der Waals surface area contributed by atoms with Crippen LogP contribution in [0.4, 0.5) is 13.2 Å². The van der Waals surface area contributed by atoms with E-state index in [2.05, 4.69) is 19.9 Å². The van der Waals surface area contributed by atoms with Crippen LogP contribution in [0.5, 0.6) is 5.75 Å². The molecular formula is C28H23ClF3N5O3. The average molecular weight is 572 g/mol. The summed E-state index contributed by atoms with van der Waals surface area (Å²) in [5, 5.41) is 9.73. The van der Waals surface area contributed by atoms with Crippen LogP contribution in [0.25, 0.3) is 17.1 Å². The van der Waals surface area contributed by atoms with Crippen LogP contribution in [0.2, 0.25) is 5.02 Å². The molecule has 5 rings (SSSR count). The number of pyridine rings is 3. The van der Waals surface area contributed by atoms with Gasteiger partial charge in [-0.05, 0) is 39.2 Å². The monoisotopic (exact) mass is 571 g/mol. The minimum absolute atomic E-state index is 0.0384. The fraction of sp³-hybridized carbons (Fsp3) is 0.250. The predicted octanol–water partition coefficient (Wildman–Crippen LogP) is 5.01. The lowest BCUT2D eigenvalue weighted by atomic mass is 10.1. The first kappa shape index (κ1) is 24.9. The maximum absolute atomic E-state index is 16.4. The molecule has 0 saturated heterocycles. The first-order chi connectivity index (χ1) is 19.8. The third-order valence-corrected chi connectivity index (χ3v) is 6.42. The van der Waals surface area contributed by atoms with Gasteiger partial charge >= 0.3 is 0 Å². The fourth-order valence-electron chi connectivity index (χ4n) is 4.14. The van der Waals surface area contributed by atoms with Crippen LogP contribution in [0.1, 0.15) is 45.8 Å². The van der Waals surface area contributed by atoms with E-state index in [0.717, 1.165) is 4.57 Å². The maximum Gasteiger partial charge on any atom is 0.278 e. The van der Waals surface area contributed by atoms with E-state index in [1.807, 2.05) is 6.08 Å². The molecule has 0 fully saturated rings. The second kappa shape index (κ2) is 10.8. The van der Waals surface area contributed by atoms with Gasteiger partial charge in [-0.1, -0.05) is 23.8 Å². The smallest absolute Gasteiger partial charge is 0.278 e. The molecule has 0 saturated carbocycles. The number of halogens is 4. The molecule has 12 heteroatoms. The third kappa shape index (κ3) is 5.34. The molecule has 1 N–H and O–H groups in total. The topological polar surface area (TPSA) is 103 Å². The summed E-state index contributed by atoms with van der Waals surface area (Å²) in [6, 6.07) is 3.13. The van der Waals surface area contributed by atoms with Gasteiger partial charge in [0.15, 0.2) is 17.5 Å². The van der Waals surface area contributed by atoms with Gasteiger partial charge in [-0.3, -0.25) is 19.3 Å². The number of hydrogen-bond donors (Lipinski definition) is 1. The molecule has 1 aliphatic rings. The Hall–Kier alpha value is -4.09. The summed E-state index contributed by atoms with van der Waals surface area (Å²) < 4.78 is 66.9. The molecule has 0 amide bonds. The SMILES string of the molecule is [2H]C([2H])(Oc1cc2n(c(=O)c1Cl)-c1c(cnc(-c3ccnc(C(C)(C)O)n3)c1F)C/C=C\CC2)c1ncc(F)cc1F. The first-order valence-electron chi connectivity index (χ1n) is 13.1. The Kier molecular flexibility index (Phi) is 6.74. The summed E-state index contributed by atoms with van der Waals surface area (Å²) in [6.45, 7) is 0.00985. The number of fused-ring (bicyclic) bond motifs is 3. The molecule has 0 atom stereocenters. The Morgan fingerprint density at radius 1 is 1.18 bits per heavy atom. The van der Waals surface area contributed by atoms with Crippen molar-refractivity contribution in [1.82, 2.24) is 24.5 Å². The van der Waals surface area contributed by atoms with Gasteiger partial charge < -0.3 is 9.84 Å². The lowest BCUT2D eigenvalue weighted by Crippen LogP contribution is -2.26. The lowest BCUT2D eigenvalue weighted by Gasteiger charge is -2.20. The molecule has 206 valence electrons. The average Bonchev–Trinajstić information content (AvgIpc) is 3.00. The van der Waals surface area contributed by atoms with Crippen LogP contribution in [0.3, 0.4) is 0 Å². The summed E-state index contributed by atoms with van der Waals surface area (Å²) >= 11 is 6.37. The number of hydrogen-bond acceptors (Lipinski definition) is 7. The molecule has 0 radical (unpaired) electrons. The van der Waals surface area contributed by atoms with Crippen molar-refractivity contribution in [2.75, 3.05) is 0 Å². The molecule has 0 bridgehead atoms. The van der Waals surface area contributed by atoms with E-state index in [1.165, 1.54) is 38.4 Å². The second-order valence-corrected chi connectivity index (χ2v) is 9.85. The zero-order chi connectivity index (χ0) is 30.4. The van der Waals surface area contributed by atoms with Crippen molar-refractivity contribution >= 4 is 11.6 Å². The zero-order valence-corrected chi connectivity index (χ0v) is 22.0. The molecule has 8 nitrogen and oxygen atoms in total. The van der Waals surface area contributed by atoms with Gasteiger partial charge in [0.25, 0.3) is 5.56 Å². The molecular weight excluding hydrogens is 547 g/mol. The molecule has 4 aromatic heterocycles. The zero-order valence-electron chi connectivity index (χ0n) is 23.3. The van der Waals surface area contributed by atoms with Gasteiger partial charge in [0, 0.05) is 35.8 Å². The van der Waals surface area contributed by atoms with Crippen molar-refractivity contribution in [3.05, 3.63) is 105 Å². The number of ether oxygens (including phenoxy) is 1. The summed E-state index contributed by atoms with van der Waals surface area (Å²) in [4.78, 5) is 29.7. The van der Waals surface area contributed by atoms with E-state index < -0.39 is 51.6 Å². The summed E-state index contributed by atoms with van der Waals surface area (Å²) in [7, 11) is 0. The Morgan fingerprint density at radius 3 is 2.73 bits per heavy atom. The number of aromatic nitrogens is 5. The van der Waals surface area contributed by atoms with Crippen LogP contribution in [-0.4, -0.2) is 29.6 Å². The van der Waals surface area contributed by atoms with Crippen molar-refractivity contribution in [3.63, 3.8) is 0 Å². The Morgan fingerprint density at radius 2 is 1.98 bits per heavy atom. The number of aliphatic hydroxyl groups is 1. The van der Waals surface area contributed by atoms with Crippen molar-refractivity contribution in [3.8, 4) is 22.8 Å². The van der Waals surface area contributed by atoms with Crippen LogP contribution >= 0.6 is 11.6 Å². The second-order valence-electron chi connectivity index (χ2n) is 9.48. The molecule has 40 heavy (non-hydrogen) atoms. The minimum Gasteiger partial charge on any atom is -0.485 e. The van der Waals surface area contributed by atoms with Gasteiger partial charge in [0.05, 0.1) is 20.3 Å². The molecule has 5 heterocycles. The van der Waals surface area contributed by atoms with E-state index in [4.69, 9.17) is 19.1 Å². The highest BCUT2D eigenvalue weighted by Gasteiger charge is 2.26. The van der Waals surface area contributed by atoms with Gasteiger partial charge in [-0.2, -0.15) is 0 Å². The Bertz CT molecular complexity index is 1790. The molecule has 0 spiro atoms. The van der Waals surface area contributed by atoms with Crippen molar-refractivity contribution < 1.29 is 25.8 Å². The minimum atomic E-state index is -2.95. The van der Waals surface area contributed by atoms with E-state index in [1.54, 1.807) is 6.08 Å². The highest BCUT2D eigenvalue weighted by Crippen LogP contribution is 2.32. The lowest BCUT2D eigenvalue weighted by molar-refractivity contribution is 0.0688. The highest BCUT2D eigenvalue weighted by molar-refractivity contribution is 6.31. The molecule has 0 aromatic carbocycles. The van der Waals surface area contributed by atoms with Gasteiger partial charge in [-0.25, -0.2) is 23.1 Å². The van der Waals surface area contributed by atoms with E-state index in [0.29, 0.717) is 24.2 Å². The van der Waals surface area contributed by atoms with Crippen LogP contribution in [0.15, 0.2) is 53.7 Å². The van der Waals surface area contributed by atoms with Crippen LogP contribution < -0.4 is 10.3 Å². The van der Waals surface area contributed by atoms with Crippen LogP contribution in [-0.2, 0) is 25.0 Å². The van der Waals surface area contributed by atoms with E-state index in [-0.39, 0.29) is 41.4 Å². The molecule has 0 aliphatic carbocycles. The number of nitrogens with zero attached hydrogens (tertiary/aromatic N) is 5. The Labute approximate surface area is 234 Å². The predicted molar refractivity (Wildman–Crippen MR) is 141 cm³/mol. The largest absolute Gasteiger partial charge is 0.485 e. The van der Waals surface area contributed by atoms with E-state index >= 15 is 4.39 Å². The van der Waals surface area contributed by atoms with E-state index in [9.17, 15) is 18.7 Å². The van der Waals surface area contributed by atoms with Crippen molar-refractivity contribution in [2.24, 2.45) is 0 Å². The first-order valence-corrected chi connectivity index (χ1v) is 12.5. The number of aryl methyl sites for hydroxylation is 1. The maximum atomic E-state index is 16.4. The van der Waals surface area contributed by atoms with Crippen LogP contribution in [0, 0.1) is 17.5 Å². The standard InChI is InChI=1S/C28H23ClF3N5O3/c1-28(2,39)27-33-9-8-19(36-27)24-23(32)25-15(12-35-24)6-4-3-5-7-17-11-21(22(29)26(38)37(17)25)40-14-20-18(31)10-16(30)13-34-20/h3-4,8-13,39H,5-7,14H2,1-2H3/b4-3-/i14D2. The Balaban J connectivity index is 1.68. The van der Waals surface area contributed by atoms with Crippen molar-refractivity contribution in [2.45, 2.75) is 45.3 Å². The summed E-state index contributed by atoms with van der Waals surface area (Å²) in [5.74, 6) is -3.59.